The molecule has 0 spiro atoms. The molecule has 4 nitrogen and oxygen atoms in total. The van der Waals surface area contributed by atoms with Gasteiger partial charge >= 0.3 is 5.97 Å². The van der Waals surface area contributed by atoms with Crippen molar-refractivity contribution in [1.82, 2.24) is 0 Å². The number of carbonyl (C=O) groups is 1. The Kier molecular flexibility index (Phi) is 5.97. The van der Waals surface area contributed by atoms with E-state index in [4.69, 9.17) is 4.89 Å². The molecule has 0 unspecified atom stereocenters. The van der Waals surface area contributed by atoms with E-state index in [2.05, 4.69) is 30.7 Å². The average Bonchev–Trinajstić information content (AvgIpc) is 2.13. The lowest BCUT2D eigenvalue weighted by molar-refractivity contribution is -0.517. The van der Waals surface area contributed by atoms with Gasteiger partial charge in [0.1, 0.15) is 5.60 Å². The summed E-state index contributed by atoms with van der Waals surface area (Å²) in [7, 11) is 0. The summed E-state index contributed by atoms with van der Waals surface area (Å²) in [4.78, 5) is 20.7. The van der Waals surface area contributed by atoms with E-state index in [1.165, 1.54) is 0 Å². The first kappa shape index (κ1) is 15.4. The van der Waals surface area contributed by atoms with Gasteiger partial charge in [0.15, 0.2) is 0 Å². The Morgan fingerprint density at radius 3 is 2.12 bits per heavy atom. The fraction of sp³-hybridized carbons (Fsp3) is 0.917. The van der Waals surface area contributed by atoms with Gasteiger partial charge < -0.3 is 0 Å². The number of hydrogen-bond acceptors (Lipinski definition) is 4. The van der Waals surface area contributed by atoms with Crippen LogP contribution in [-0.2, 0) is 19.6 Å². The van der Waals surface area contributed by atoms with Crippen molar-refractivity contribution in [2.24, 2.45) is 5.41 Å². The molecule has 0 saturated carbocycles. The van der Waals surface area contributed by atoms with Crippen molar-refractivity contribution >= 4 is 5.97 Å². The van der Waals surface area contributed by atoms with E-state index in [0.29, 0.717) is 6.42 Å². The Labute approximate surface area is 98.1 Å². The second-order valence-electron chi connectivity index (χ2n) is 5.78. The molecule has 0 N–H and O–H groups in total. The van der Waals surface area contributed by atoms with Crippen molar-refractivity contribution in [3.05, 3.63) is 0 Å². The van der Waals surface area contributed by atoms with E-state index in [1.807, 2.05) is 20.8 Å². The fourth-order valence-electron chi connectivity index (χ4n) is 0.725. The van der Waals surface area contributed by atoms with Crippen LogP contribution in [0.5, 0.6) is 0 Å². The highest BCUT2D eigenvalue weighted by Gasteiger charge is 2.19. The van der Waals surface area contributed by atoms with Crippen LogP contribution in [0.2, 0.25) is 0 Å². The Morgan fingerprint density at radius 1 is 1.12 bits per heavy atom. The molecule has 96 valence electrons. The van der Waals surface area contributed by atoms with Crippen molar-refractivity contribution in [1.29, 1.82) is 0 Å². The minimum Gasteiger partial charge on any atom is -0.269 e. The summed E-state index contributed by atoms with van der Waals surface area (Å²) in [5, 5.41) is 4.47. The van der Waals surface area contributed by atoms with Crippen LogP contribution in [-0.4, -0.2) is 11.6 Å². The maximum absolute atomic E-state index is 11.2. The van der Waals surface area contributed by atoms with E-state index in [1.54, 1.807) is 0 Å². The summed E-state index contributed by atoms with van der Waals surface area (Å²) in [6.07, 6.45) is 1.86. The van der Waals surface area contributed by atoms with Crippen LogP contribution in [0.1, 0.15) is 60.8 Å². The topological polar surface area (TPSA) is 44.8 Å². The van der Waals surface area contributed by atoms with Gasteiger partial charge in [-0.05, 0) is 37.1 Å². The van der Waals surface area contributed by atoms with E-state index < -0.39 is 11.6 Å². The van der Waals surface area contributed by atoms with Crippen LogP contribution in [0.15, 0.2) is 0 Å². The molecular weight excluding hydrogens is 208 g/mol. The Bertz CT molecular complexity index is 216. The maximum Gasteiger partial charge on any atom is 0.345 e. The normalized spacial score (nSPS) is 12.6. The molecule has 0 fully saturated rings. The van der Waals surface area contributed by atoms with Crippen LogP contribution < -0.4 is 0 Å². The fourth-order valence-corrected chi connectivity index (χ4v) is 0.725. The first-order valence-electron chi connectivity index (χ1n) is 5.71. The highest BCUT2D eigenvalue weighted by molar-refractivity contribution is 5.68. The Balaban J connectivity index is 3.67. The molecule has 0 bridgehead atoms. The van der Waals surface area contributed by atoms with Crippen molar-refractivity contribution in [3.63, 3.8) is 0 Å². The van der Waals surface area contributed by atoms with Gasteiger partial charge in [-0.15, -0.1) is 0 Å². The van der Waals surface area contributed by atoms with Gasteiger partial charge in [0.25, 0.3) is 0 Å². The van der Waals surface area contributed by atoms with Gasteiger partial charge in [-0.2, -0.15) is 4.89 Å². The predicted octanol–water partition coefficient (Wildman–Crippen LogP) is 3.41. The lowest BCUT2D eigenvalue weighted by Crippen LogP contribution is -2.24. The van der Waals surface area contributed by atoms with Gasteiger partial charge in [0.2, 0.25) is 0 Å². The van der Waals surface area contributed by atoms with Crippen molar-refractivity contribution in [2.75, 3.05) is 0 Å². The molecule has 0 aliphatic carbocycles. The summed E-state index contributed by atoms with van der Waals surface area (Å²) in [5.41, 5.74) is -0.327. The minimum atomic E-state index is -0.440. The van der Waals surface area contributed by atoms with Crippen LogP contribution in [0.4, 0.5) is 0 Å². The zero-order valence-electron chi connectivity index (χ0n) is 11.3. The van der Waals surface area contributed by atoms with Gasteiger partial charge in [-0.1, -0.05) is 27.7 Å². The second-order valence-corrected chi connectivity index (χ2v) is 5.78. The summed E-state index contributed by atoms with van der Waals surface area (Å²) in [5.74, 6) is -0.401. The van der Waals surface area contributed by atoms with E-state index >= 15 is 0 Å². The van der Waals surface area contributed by atoms with Gasteiger partial charge in [-0.3, -0.25) is 4.89 Å². The smallest absolute Gasteiger partial charge is 0.269 e. The van der Waals surface area contributed by atoms with E-state index in [0.717, 1.165) is 12.8 Å². The predicted molar refractivity (Wildman–Crippen MR) is 61.3 cm³/mol. The molecule has 0 atom stereocenters. The van der Waals surface area contributed by atoms with Gasteiger partial charge in [0, 0.05) is 6.42 Å². The van der Waals surface area contributed by atoms with Crippen molar-refractivity contribution in [2.45, 2.75) is 66.4 Å². The molecule has 0 heterocycles. The molecular formula is C12H24O4. The minimum absolute atomic E-state index is 0.114. The first-order valence-corrected chi connectivity index (χ1v) is 5.71. The van der Waals surface area contributed by atoms with Crippen LogP contribution in [0, 0.1) is 5.41 Å². The largest absolute Gasteiger partial charge is 0.345 e. The number of carbonyl (C=O) groups excluding carboxylic acids is 1. The molecule has 0 aromatic carbocycles. The molecule has 0 aliphatic heterocycles. The standard InChI is InChI=1S/C12H24O4/c1-7-12(5,6)15-16-14-10(13)8-9-11(2,3)4/h7-9H2,1-6H3. The second kappa shape index (κ2) is 6.21. The quantitative estimate of drug-likeness (QED) is 0.520. The molecule has 0 aliphatic rings. The van der Waals surface area contributed by atoms with Gasteiger partial charge in [0.05, 0.1) is 0 Å². The summed E-state index contributed by atoms with van der Waals surface area (Å²) >= 11 is 0. The molecule has 0 aromatic rings. The van der Waals surface area contributed by atoms with Gasteiger partial charge in [-0.25, -0.2) is 4.79 Å². The average molecular weight is 232 g/mol. The lowest BCUT2D eigenvalue weighted by Gasteiger charge is -2.20. The molecule has 4 heteroatoms. The third-order valence-corrected chi connectivity index (χ3v) is 2.32. The number of rotatable bonds is 6. The van der Waals surface area contributed by atoms with Crippen LogP contribution in [0.3, 0.4) is 0 Å². The molecule has 0 amide bonds. The Morgan fingerprint density at radius 2 is 1.69 bits per heavy atom. The van der Waals surface area contributed by atoms with Crippen LogP contribution in [0.25, 0.3) is 0 Å². The maximum atomic E-state index is 11.2. The first-order chi connectivity index (χ1) is 7.16. The lowest BCUT2D eigenvalue weighted by atomic mass is 9.91. The third kappa shape index (κ3) is 8.68. The number of hydrogen-bond donors (Lipinski definition) is 0. The third-order valence-electron chi connectivity index (χ3n) is 2.32. The highest BCUT2D eigenvalue weighted by atomic mass is 17.5. The molecule has 0 aromatic heterocycles. The zero-order chi connectivity index (χ0) is 12.8. The summed E-state index contributed by atoms with van der Waals surface area (Å²) < 4.78 is 0. The molecule has 0 saturated heterocycles. The van der Waals surface area contributed by atoms with E-state index in [9.17, 15) is 4.79 Å². The summed E-state index contributed by atoms with van der Waals surface area (Å²) in [6.45, 7) is 11.9. The SMILES string of the molecule is CCC(C)(C)OOOC(=O)CCC(C)(C)C. The molecule has 16 heavy (non-hydrogen) atoms. The van der Waals surface area contributed by atoms with Crippen molar-refractivity contribution < 1.29 is 19.6 Å². The molecule has 0 rings (SSSR count). The highest BCUT2D eigenvalue weighted by Crippen LogP contribution is 2.21. The monoisotopic (exact) mass is 232 g/mol. The van der Waals surface area contributed by atoms with Crippen molar-refractivity contribution in [3.8, 4) is 0 Å². The van der Waals surface area contributed by atoms with Crippen LogP contribution >= 0.6 is 0 Å². The summed E-state index contributed by atoms with van der Waals surface area (Å²) in [6, 6.07) is 0. The molecule has 0 radical (unpaired) electrons. The zero-order valence-corrected chi connectivity index (χ0v) is 11.3. The Hall–Kier alpha value is -0.610. The van der Waals surface area contributed by atoms with E-state index in [-0.39, 0.29) is 5.41 Å².